The van der Waals surface area contributed by atoms with E-state index in [1.165, 1.54) is 6.92 Å². The van der Waals surface area contributed by atoms with E-state index in [1.807, 2.05) is 77.8 Å². The number of ether oxygens (including phenoxy) is 6. The zero-order valence-corrected chi connectivity index (χ0v) is 46.8. The van der Waals surface area contributed by atoms with Gasteiger partial charge in [-0.15, -0.1) is 5.10 Å². The molecule has 3 aromatic rings. The number of rotatable bonds is 16. The lowest BCUT2D eigenvalue weighted by Gasteiger charge is -2.47. The Morgan fingerprint density at radius 1 is 1.00 bits per heavy atom. The third-order valence-corrected chi connectivity index (χ3v) is 16.7. The van der Waals surface area contributed by atoms with E-state index in [4.69, 9.17) is 34.2 Å². The van der Waals surface area contributed by atoms with Crippen molar-refractivity contribution in [2.75, 3.05) is 60.4 Å². The summed E-state index contributed by atoms with van der Waals surface area (Å²) in [7, 11) is 7.23. The number of anilines is 1. The number of alkyl halides is 1. The third kappa shape index (κ3) is 14.3. The monoisotopic (exact) mass is 1040 g/mol. The molecule has 0 amide bonds. The van der Waals surface area contributed by atoms with Gasteiger partial charge in [-0.05, 0) is 111 Å². The molecule has 3 aliphatic heterocycles. The molecule has 18 nitrogen and oxygen atoms in total. The van der Waals surface area contributed by atoms with Gasteiger partial charge < -0.3 is 59.3 Å². The van der Waals surface area contributed by atoms with Gasteiger partial charge in [0.2, 0.25) is 0 Å². The number of nitrogen functional groups attached to an aromatic ring is 1. The van der Waals surface area contributed by atoms with E-state index in [1.54, 1.807) is 35.8 Å². The SMILES string of the molecule is CC[C@H]1OC(=O)[C@H](C)C([C@H]2C[C@@](C)(OC)C[C@H](C)O2)[C@H](C)C[C@@](O)(CO[C@H]2C[C@@H](N(C)CCc3cn([C@H](CF)[C@H](OC)c4ccc(-n5nc(C)cc5N)cc4)nn3)C[C@@H](C)O2)C[C@@H](C)CN(C)[C@H](C)[C@@H](O)[C@]1(C)O. The molecule has 3 fully saturated rings. The van der Waals surface area contributed by atoms with E-state index in [9.17, 15) is 24.5 Å². The van der Waals surface area contributed by atoms with Crippen LogP contribution in [0.15, 0.2) is 36.5 Å². The number of carbonyl (C=O) groups is 1. The molecule has 418 valence electrons. The van der Waals surface area contributed by atoms with Crippen LogP contribution >= 0.6 is 0 Å². The number of likely N-dealkylation sites (N-methyl/N-ethyl adjacent to an activating group) is 2. The second-order valence-electron chi connectivity index (χ2n) is 23.1. The minimum atomic E-state index is -1.74. The van der Waals surface area contributed by atoms with Gasteiger partial charge in [-0.2, -0.15) is 5.10 Å². The second-order valence-corrected chi connectivity index (χ2v) is 23.1. The van der Waals surface area contributed by atoms with Crippen LogP contribution < -0.4 is 5.73 Å². The molecule has 0 bridgehead atoms. The number of aryl methyl sites for hydroxylation is 1. The highest BCUT2D eigenvalue weighted by molar-refractivity contribution is 5.73. The Morgan fingerprint density at radius 3 is 2.32 bits per heavy atom. The Balaban J connectivity index is 1.16. The summed E-state index contributed by atoms with van der Waals surface area (Å²) in [5, 5.41) is 49.8. The minimum Gasteiger partial charge on any atom is -0.459 e. The smallest absolute Gasteiger partial charge is 0.309 e. The summed E-state index contributed by atoms with van der Waals surface area (Å²) in [5.74, 6) is -1.42. The number of esters is 1. The van der Waals surface area contributed by atoms with Crippen molar-refractivity contribution in [3.05, 3.63) is 53.5 Å². The van der Waals surface area contributed by atoms with Crippen LogP contribution in [0.5, 0.6) is 0 Å². The fourth-order valence-electron chi connectivity index (χ4n) is 12.5. The van der Waals surface area contributed by atoms with Crippen LogP contribution in [0.1, 0.15) is 136 Å². The number of aromatic nitrogens is 5. The molecule has 19 heteroatoms. The van der Waals surface area contributed by atoms with Crippen LogP contribution in [0.3, 0.4) is 0 Å². The first-order valence-corrected chi connectivity index (χ1v) is 27.0. The van der Waals surface area contributed by atoms with Crippen molar-refractivity contribution in [2.45, 2.75) is 198 Å². The molecule has 5 N–H and O–H groups in total. The number of aliphatic hydroxyl groups is 3. The Bertz CT molecular complexity index is 2230. The first kappa shape index (κ1) is 59.6. The van der Waals surface area contributed by atoms with Crippen LogP contribution in [0.4, 0.5) is 10.2 Å². The van der Waals surface area contributed by atoms with Crippen molar-refractivity contribution < 1.29 is 52.9 Å². The standard InChI is InChI=1S/C55H91FN8O10/c1-15-46-54(10,67)51(65)39(8)62(12)30-33(2)25-55(68,26-34(3)49(38(7)52(66)74-46)45-28-53(9,70-14)27-37(6)72-45)32-71-48-24-43(23-36(5)73-48)61(11)21-20-41-31-63(60-58-41)44(29-56)50(69-13)40-16-18-42(19-17-40)64-47(57)22-35(4)59-64/h16-19,22,31,33-34,36-39,43-46,48-51,65,67-68H,15,20-21,23-30,32,57H2,1-14H3/t33-,34-,36-,37+,38-,39-,43+,44-,45-,46-,48-,49?,50-,51-,53+,54-,55-/m1/s1. The quantitative estimate of drug-likeness (QED) is 0.114. The fourth-order valence-corrected chi connectivity index (χ4v) is 12.5. The molecule has 0 spiro atoms. The summed E-state index contributed by atoms with van der Waals surface area (Å²) in [6.07, 6.45) is 1.73. The number of cyclic esters (lactones) is 1. The van der Waals surface area contributed by atoms with E-state index in [-0.39, 0.29) is 36.7 Å². The second kappa shape index (κ2) is 25.2. The fraction of sp³-hybridized carbons (Fsp3) is 0.782. The minimum absolute atomic E-state index is 0.0165. The number of benzene rings is 1. The van der Waals surface area contributed by atoms with Crippen molar-refractivity contribution in [2.24, 2.45) is 23.7 Å². The summed E-state index contributed by atoms with van der Waals surface area (Å²) < 4.78 is 56.0. The molecular formula is C55H91FN8O10. The van der Waals surface area contributed by atoms with Crippen LogP contribution in [-0.4, -0.2) is 176 Å². The molecule has 6 rings (SSSR count). The zero-order valence-electron chi connectivity index (χ0n) is 46.8. The summed E-state index contributed by atoms with van der Waals surface area (Å²) in [4.78, 5) is 18.6. The van der Waals surface area contributed by atoms with Gasteiger partial charge in [0.1, 0.15) is 42.4 Å². The van der Waals surface area contributed by atoms with Gasteiger partial charge in [0, 0.05) is 83.3 Å². The highest BCUT2D eigenvalue weighted by Gasteiger charge is 2.50. The molecule has 17 atom stereocenters. The topological polar surface area (TPSA) is 214 Å². The van der Waals surface area contributed by atoms with Gasteiger partial charge in [-0.25, -0.2) is 13.8 Å². The maximum Gasteiger partial charge on any atom is 0.309 e. The van der Waals surface area contributed by atoms with Gasteiger partial charge >= 0.3 is 5.97 Å². The van der Waals surface area contributed by atoms with Crippen LogP contribution in [0, 0.1) is 30.6 Å². The van der Waals surface area contributed by atoms with E-state index in [0.717, 1.165) is 29.1 Å². The maximum absolute atomic E-state index is 14.9. The van der Waals surface area contributed by atoms with E-state index in [2.05, 4.69) is 48.1 Å². The number of hydrogen-bond acceptors (Lipinski definition) is 16. The summed E-state index contributed by atoms with van der Waals surface area (Å²) in [5.41, 5.74) is 5.64. The number of nitrogens with zero attached hydrogens (tertiary/aromatic N) is 7. The predicted octanol–water partition coefficient (Wildman–Crippen LogP) is 6.41. The zero-order chi connectivity index (χ0) is 54.4. The molecule has 5 heterocycles. The number of methoxy groups -OCH3 is 2. The molecule has 74 heavy (non-hydrogen) atoms. The average molecular weight is 1040 g/mol. The molecule has 0 aliphatic carbocycles. The van der Waals surface area contributed by atoms with Crippen molar-refractivity contribution in [3.8, 4) is 5.69 Å². The van der Waals surface area contributed by atoms with Gasteiger partial charge in [0.15, 0.2) is 6.29 Å². The molecule has 3 aliphatic rings. The van der Waals surface area contributed by atoms with Crippen LogP contribution in [0.25, 0.3) is 5.69 Å². The Kier molecular flexibility index (Phi) is 20.3. The molecule has 1 unspecified atom stereocenters. The molecule has 1 aromatic carbocycles. The third-order valence-electron chi connectivity index (χ3n) is 16.7. The highest BCUT2D eigenvalue weighted by atomic mass is 19.1. The van der Waals surface area contributed by atoms with Gasteiger partial charge in [0.05, 0.1) is 59.1 Å². The van der Waals surface area contributed by atoms with Crippen molar-refractivity contribution in [1.29, 1.82) is 0 Å². The van der Waals surface area contributed by atoms with Crippen molar-refractivity contribution in [1.82, 2.24) is 34.6 Å². The van der Waals surface area contributed by atoms with Crippen LogP contribution in [0.2, 0.25) is 0 Å². The van der Waals surface area contributed by atoms with E-state index in [0.29, 0.717) is 63.9 Å². The predicted molar refractivity (Wildman–Crippen MR) is 280 cm³/mol. The molecular weight excluding hydrogens is 952 g/mol. The van der Waals surface area contributed by atoms with Crippen LogP contribution in [-0.2, 0) is 39.6 Å². The summed E-state index contributed by atoms with van der Waals surface area (Å²) in [6, 6.07) is 8.16. The largest absolute Gasteiger partial charge is 0.459 e. The number of carbonyl (C=O) groups excluding carboxylic acids is 1. The van der Waals surface area contributed by atoms with E-state index >= 15 is 0 Å². The van der Waals surface area contributed by atoms with Crippen molar-refractivity contribution >= 4 is 11.8 Å². The average Bonchev–Trinajstić information content (AvgIpc) is 3.96. The Labute approximate surface area is 439 Å². The first-order valence-electron chi connectivity index (χ1n) is 27.0. The normalized spacial score (nSPS) is 36.2. The molecule has 0 radical (unpaired) electrons. The molecule has 0 saturated carbocycles. The molecule has 3 saturated heterocycles. The molecule has 2 aromatic heterocycles. The van der Waals surface area contributed by atoms with Gasteiger partial charge in [-0.1, -0.05) is 45.0 Å². The maximum atomic E-state index is 14.9. The lowest BCUT2D eigenvalue weighted by molar-refractivity contribution is -0.228. The first-order chi connectivity index (χ1) is 34.8. The van der Waals surface area contributed by atoms with Gasteiger partial charge in [-0.3, -0.25) is 4.79 Å². The highest BCUT2D eigenvalue weighted by Crippen LogP contribution is 2.43. The van der Waals surface area contributed by atoms with Gasteiger partial charge in [0.25, 0.3) is 0 Å². The number of halogens is 1. The summed E-state index contributed by atoms with van der Waals surface area (Å²) in [6.45, 7) is 19.6. The Morgan fingerprint density at radius 2 is 1.70 bits per heavy atom. The number of hydrogen-bond donors (Lipinski definition) is 4. The Hall–Kier alpha value is -3.63. The summed E-state index contributed by atoms with van der Waals surface area (Å²) >= 11 is 0. The van der Waals surface area contributed by atoms with Crippen molar-refractivity contribution in [3.63, 3.8) is 0 Å². The van der Waals surface area contributed by atoms with E-state index < -0.39 is 84.1 Å². The number of nitrogens with two attached hydrogens (primary N) is 1. The lowest BCUT2D eigenvalue weighted by atomic mass is 9.70. The lowest BCUT2D eigenvalue weighted by Crippen LogP contribution is -2.59. The number of aliphatic hydroxyl groups excluding tert-OH is 1.